The van der Waals surface area contributed by atoms with E-state index in [0.29, 0.717) is 17.6 Å². The van der Waals surface area contributed by atoms with Crippen LogP contribution >= 0.6 is 11.3 Å². The van der Waals surface area contributed by atoms with Crippen LogP contribution in [0.2, 0.25) is 0 Å². The molecule has 0 N–H and O–H groups in total. The molecule has 6 nitrogen and oxygen atoms in total. The summed E-state index contributed by atoms with van der Waals surface area (Å²) in [5, 5.41) is 8.85. The van der Waals surface area contributed by atoms with Crippen LogP contribution in [0.15, 0.2) is 179 Å². The van der Waals surface area contributed by atoms with Gasteiger partial charge < -0.3 is 8.83 Å². The Morgan fingerprint density at radius 1 is 0.414 bits per heavy atom. The number of fused-ring (bicyclic) bond motifs is 13. The zero-order chi connectivity index (χ0) is 37.9. The summed E-state index contributed by atoms with van der Waals surface area (Å²) in [6.07, 6.45) is 0. The first-order valence-corrected chi connectivity index (χ1v) is 20.1. The van der Waals surface area contributed by atoms with Crippen LogP contribution in [0.25, 0.3) is 126 Å². The minimum Gasteiger partial charge on any atom is -0.456 e. The molecule has 8 aromatic carbocycles. The van der Waals surface area contributed by atoms with E-state index in [2.05, 4.69) is 144 Å². The number of rotatable bonds is 4. The fraction of sp³-hybridized carbons (Fsp3) is 0. The van der Waals surface area contributed by atoms with Crippen molar-refractivity contribution >= 4 is 97.2 Å². The third-order valence-corrected chi connectivity index (χ3v) is 12.6. The first kappa shape index (κ1) is 31.6. The first-order chi connectivity index (χ1) is 28.7. The summed E-state index contributed by atoms with van der Waals surface area (Å²) in [6, 6.07) is 59.0. The summed E-state index contributed by atoms with van der Waals surface area (Å²) in [5.41, 5.74) is 8.99. The van der Waals surface area contributed by atoms with E-state index in [9.17, 15) is 0 Å². The smallest absolute Gasteiger partial charge is 0.238 e. The average molecular weight is 761 g/mol. The van der Waals surface area contributed by atoms with Crippen molar-refractivity contribution in [1.29, 1.82) is 0 Å². The van der Waals surface area contributed by atoms with Gasteiger partial charge in [0.25, 0.3) is 0 Å². The van der Waals surface area contributed by atoms with Crippen molar-refractivity contribution in [1.82, 2.24) is 19.5 Å². The molecule has 13 rings (SSSR count). The van der Waals surface area contributed by atoms with Gasteiger partial charge in [-0.05, 0) is 59.7 Å². The lowest BCUT2D eigenvalue weighted by molar-refractivity contribution is 0.669. The topological polar surface area (TPSA) is 69.9 Å². The van der Waals surface area contributed by atoms with Gasteiger partial charge in [0.2, 0.25) is 5.95 Å². The molecule has 13 aromatic rings. The number of nitrogens with zero attached hydrogens (tertiary/aromatic N) is 4. The second-order valence-corrected chi connectivity index (χ2v) is 15.8. The predicted molar refractivity (Wildman–Crippen MR) is 238 cm³/mol. The van der Waals surface area contributed by atoms with Gasteiger partial charge in [0.05, 0.1) is 5.52 Å². The Bertz CT molecular complexity index is 3820. The normalized spacial score (nSPS) is 12.1. The molecule has 0 aliphatic heterocycles. The summed E-state index contributed by atoms with van der Waals surface area (Å²) in [7, 11) is 0. The maximum atomic E-state index is 6.70. The van der Waals surface area contributed by atoms with E-state index < -0.39 is 0 Å². The standard InChI is InChI=1S/C51H28N4O2S/c1-2-12-29(13-3-1)39-26-31(27-43-46(39)38-17-6-10-20-42(38)56-43)50-52-49(30-22-23-35-34-16-7-11-21-44(34)58-45(35)28-30)53-51(54-50)55-40-18-8-4-14-32(40)36-24-25-37-33-15-5-9-19-41(33)57-48(37)47(36)55/h1-28H. The summed E-state index contributed by atoms with van der Waals surface area (Å²) in [5.74, 6) is 1.62. The molecule has 0 spiro atoms. The third-order valence-electron chi connectivity index (χ3n) is 11.5. The van der Waals surface area contributed by atoms with E-state index in [4.69, 9.17) is 23.8 Å². The van der Waals surface area contributed by atoms with Gasteiger partial charge in [-0.25, -0.2) is 4.98 Å². The van der Waals surface area contributed by atoms with Crippen molar-refractivity contribution in [3.05, 3.63) is 170 Å². The van der Waals surface area contributed by atoms with Gasteiger partial charge >= 0.3 is 0 Å². The molecule has 0 amide bonds. The molecule has 0 saturated heterocycles. The molecule has 270 valence electrons. The fourth-order valence-electron chi connectivity index (χ4n) is 8.86. The Labute approximate surface area is 333 Å². The number of aromatic nitrogens is 4. The van der Waals surface area contributed by atoms with Crippen LogP contribution in [0, 0.1) is 0 Å². The van der Waals surface area contributed by atoms with Gasteiger partial charge in [0, 0.05) is 63.6 Å². The molecule has 58 heavy (non-hydrogen) atoms. The molecule has 0 aliphatic carbocycles. The molecule has 0 saturated carbocycles. The second kappa shape index (κ2) is 11.9. The fourth-order valence-corrected chi connectivity index (χ4v) is 10.0. The van der Waals surface area contributed by atoms with Gasteiger partial charge in [0.15, 0.2) is 17.2 Å². The van der Waals surface area contributed by atoms with E-state index in [1.807, 2.05) is 30.3 Å². The highest BCUT2D eigenvalue weighted by molar-refractivity contribution is 7.25. The highest BCUT2D eigenvalue weighted by Gasteiger charge is 2.23. The molecule has 5 aromatic heterocycles. The SMILES string of the molecule is c1ccc(-c2cc(-c3nc(-c4ccc5c(c4)sc4ccccc45)nc(-n4c5ccccc5c5ccc6c7ccccc7oc6c54)n3)cc3oc4ccccc4c23)cc1. The van der Waals surface area contributed by atoms with E-state index in [-0.39, 0.29) is 0 Å². The van der Waals surface area contributed by atoms with Crippen LogP contribution in [0.5, 0.6) is 0 Å². The highest BCUT2D eigenvalue weighted by atomic mass is 32.1. The van der Waals surface area contributed by atoms with Crippen LogP contribution in [0.4, 0.5) is 0 Å². The van der Waals surface area contributed by atoms with Crippen LogP contribution in [-0.4, -0.2) is 19.5 Å². The van der Waals surface area contributed by atoms with Crippen molar-refractivity contribution < 1.29 is 8.83 Å². The lowest BCUT2D eigenvalue weighted by Gasteiger charge is -2.12. The summed E-state index contributed by atoms with van der Waals surface area (Å²) in [6.45, 7) is 0. The maximum absolute atomic E-state index is 6.70. The maximum Gasteiger partial charge on any atom is 0.238 e. The number of hydrogen-bond donors (Lipinski definition) is 0. The Kier molecular flexibility index (Phi) is 6.50. The van der Waals surface area contributed by atoms with Crippen molar-refractivity contribution in [2.45, 2.75) is 0 Å². The Morgan fingerprint density at radius 2 is 1.07 bits per heavy atom. The molecule has 7 heteroatoms. The van der Waals surface area contributed by atoms with Gasteiger partial charge in [-0.1, -0.05) is 121 Å². The minimum absolute atomic E-state index is 0.501. The van der Waals surface area contributed by atoms with Crippen LogP contribution in [0.1, 0.15) is 0 Å². The zero-order valence-corrected chi connectivity index (χ0v) is 31.5. The van der Waals surface area contributed by atoms with Gasteiger partial charge in [0.1, 0.15) is 22.3 Å². The van der Waals surface area contributed by atoms with E-state index in [1.165, 1.54) is 20.2 Å². The van der Waals surface area contributed by atoms with E-state index in [1.54, 1.807) is 11.3 Å². The number of benzene rings is 8. The van der Waals surface area contributed by atoms with Crippen LogP contribution < -0.4 is 0 Å². The van der Waals surface area contributed by atoms with E-state index >= 15 is 0 Å². The Balaban J connectivity index is 1.14. The van der Waals surface area contributed by atoms with Gasteiger partial charge in [-0.15, -0.1) is 11.3 Å². The zero-order valence-electron chi connectivity index (χ0n) is 30.7. The molecule has 0 aliphatic rings. The molecular formula is C51H28N4O2S. The van der Waals surface area contributed by atoms with Crippen molar-refractivity contribution in [3.63, 3.8) is 0 Å². The van der Waals surface area contributed by atoms with Gasteiger partial charge in [-0.3, -0.25) is 4.57 Å². The second-order valence-electron chi connectivity index (χ2n) is 14.7. The van der Waals surface area contributed by atoms with Crippen LogP contribution in [-0.2, 0) is 0 Å². The summed E-state index contributed by atoms with van der Waals surface area (Å²) >= 11 is 1.78. The number of furan rings is 2. The summed E-state index contributed by atoms with van der Waals surface area (Å²) in [4.78, 5) is 16.0. The number of hydrogen-bond acceptors (Lipinski definition) is 6. The predicted octanol–water partition coefficient (Wildman–Crippen LogP) is 14.1. The van der Waals surface area contributed by atoms with Crippen molar-refractivity contribution in [2.24, 2.45) is 0 Å². The largest absolute Gasteiger partial charge is 0.456 e. The average Bonchev–Trinajstić information content (AvgIpc) is 4.05. The lowest BCUT2D eigenvalue weighted by Crippen LogP contribution is -2.06. The number of thiophene rings is 1. The van der Waals surface area contributed by atoms with Crippen molar-refractivity contribution in [3.8, 4) is 39.9 Å². The molecule has 5 heterocycles. The summed E-state index contributed by atoms with van der Waals surface area (Å²) < 4.78 is 17.9. The lowest BCUT2D eigenvalue weighted by atomic mass is 9.97. The first-order valence-electron chi connectivity index (χ1n) is 19.3. The minimum atomic E-state index is 0.501. The monoisotopic (exact) mass is 760 g/mol. The molecule has 0 unspecified atom stereocenters. The van der Waals surface area contributed by atoms with E-state index in [0.717, 1.165) is 87.9 Å². The van der Waals surface area contributed by atoms with Crippen molar-refractivity contribution in [2.75, 3.05) is 0 Å². The molecule has 0 radical (unpaired) electrons. The molecule has 0 atom stereocenters. The Hall–Kier alpha value is -7.61. The molecule has 0 fully saturated rings. The highest BCUT2D eigenvalue weighted by Crippen LogP contribution is 2.43. The third kappa shape index (κ3) is 4.56. The number of para-hydroxylation sites is 3. The quantitative estimate of drug-likeness (QED) is 0.179. The van der Waals surface area contributed by atoms with Crippen LogP contribution in [0.3, 0.4) is 0 Å². The molecular weight excluding hydrogens is 733 g/mol. The molecule has 0 bridgehead atoms. The van der Waals surface area contributed by atoms with Gasteiger partial charge in [-0.2, -0.15) is 9.97 Å². The Morgan fingerprint density at radius 3 is 1.93 bits per heavy atom.